The zero-order chi connectivity index (χ0) is 10.7. The molecule has 0 amide bonds. The molecule has 0 atom stereocenters. The zero-order valence-electron chi connectivity index (χ0n) is 9.03. The summed E-state index contributed by atoms with van der Waals surface area (Å²) in [7, 11) is 0. The van der Waals surface area contributed by atoms with Crippen molar-refractivity contribution < 1.29 is 4.52 Å². The molecule has 2 heterocycles. The molecule has 0 unspecified atom stereocenters. The fourth-order valence-electron chi connectivity index (χ4n) is 1.77. The van der Waals surface area contributed by atoms with Crippen LogP contribution in [-0.2, 0) is 11.8 Å². The third kappa shape index (κ3) is 2.34. The number of rotatable bonds is 3. The van der Waals surface area contributed by atoms with E-state index in [-0.39, 0.29) is 5.41 Å². The Kier molecular flexibility index (Phi) is 3.31. The van der Waals surface area contributed by atoms with Crippen LogP contribution in [-0.4, -0.2) is 28.2 Å². The SMILES string of the molecule is CC1(c2noc(CCN)n2)CCSCC1. The summed E-state index contributed by atoms with van der Waals surface area (Å²) < 4.78 is 5.18. The Morgan fingerprint density at radius 1 is 1.47 bits per heavy atom. The summed E-state index contributed by atoms with van der Waals surface area (Å²) in [6, 6.07) is 0. The van der Waals surface area contributed by atoms with E-state index >= 15 is 0 Å². The highest BCUT2D eigenvalue weighted by molar-refractivity contribution is 7.99. The Hall–Kier alpha value is -0.550. The second kappa shape index (κ2) is 4.53. The quantitative estimate of drug-likeness (QED) is 0.844. The van der Waals surface area contributed by atoms with Crippen molar-refractivity contribution in [3.8, 4) is 0 Å². The maximum atomic E-state index is 5.45. The third-order valence-electron chi connectivity index (χ3n) is 2.96. The predicted octanol–water partition coefficient (Wildman–Crippen LogP) is 1.36. The van der Waals surface area contributed by atoms with E-state index in [1.807, 2.05) is 11.8 Å². The summed E-state index contributed by atoms with van der Waals surface area (Å²) in [6.07, 6.45) is 2.95. The van der Waals surface area contributed by atoms with Gasteiger partial charge in [-0.05, 0) is 24.3 Å². The average Bonchev–Trinajstić information content (AvgIpc) is 2.69. The summed E-state index contributed by atoms with van der Waals surface area (Å²) in [5, 5.41) is 4.08. The van der Waals surface area contributed by atoms with Gasteiger partial charge in [0.25, 0.3) is 0 Å². The Morgan fingerprint density at radius 2 is 2.20 bits per heavy atom. The van der Waals surface area contributed by atoms with Crippen LogP contribution < -0.4 is 5.73 Å². The maximum absolute atomic E-state index is 5.45. The summed E-state index contributed by atoms with van der Waals surface area (Å²) in [6.45, 7) is 2.79. The zero-order valence-corrected chi connectivity index (χ0v) is 9.85. The molecule has 1 aromatic heterocycles. The van der Waals surface area contributed by atoms with Crippen LogP contribution in [0.4, 0.5) is 0 Å². The first-order chi connectivity index (χ1) is 7.24. The van der Waals surface area contributed by atoms with Crippen molar-refractivity contribution in [2.24, 2.45) is 5.73 Å². The average molecular weight is 227 g/mol. The minimum Gasteiger partial charge on any atom is -0.339 e. The molecule has 4 nitrogen and oxygen atoms in total. The number of thioether (sulfide) groups is 1. The number of hydrogen-bond acceptors (Lipinski definition) is 5. The predicted molar refractivity (Wildman–Crippen MR) is 61.0 cm³/mol. The van der Waals surface area contributed by atoms with E-state index in [0.717, 1.165) is 18.7 Å². The number of aromatic nitrogens is 2. The molecule has 1 aliphatic heterocycles. The molecule has 0 aromatic carbocycles. The van der Waals surface area contributed by atoms with Gasteiger partial charge in [0.15, 0.2) is 5.82 Å². The van der Waals surface area contributed by atoms with Crippen molar-refractivity contribution in [1.29, 1.82) is 0 Å². The highest BCUT2D eigenvalue weighted by Crippen LogP contribution is 2.36. The molecule has 2 rings (SSSR count). The van der Waals surface area contributed by atoms with Crippen molar-refractivity contribution in [2.75, 3.05) is 18.1 Å². The van der Waals surface area contributed by atoms with Crippen LogP contribution in [0, 0.1) is 0 Å². The summed E-state index contributed by atoms with van der Waals surface area (Å²) in [5.41, 5.74) is 5.56. The van der Waals surface area contributed by atoms with Gasteiger partial charge in [-0.25, -0.2) is 0 Å². The summed E-state index contributed by atoms with van der Waals surface area (Å²) in [4.78, 5) is 4.43. The second-order valence-electron chi connectivity index (χ2n) is 4.22. The number of nitrogens with zero attached hydrogens (tertiary/aromatic N) is 2. The van der Waals surface area contributed by atoms with E-state index in [4.69, 9.17) is 10.3 Å². The molecule has 0 aliphatic carbocycles. The van der Waals surface area contributed by atoms with Crippen molar-refractivity contribution in [3.05, 3.63) is 11.7 Å². The van der Waals surface area contributed by atoms with E-state index in [2.05, 4.69) is 17.1 Å². The summed E-state index contributed by atoms with van der Waals surface area (Å²) in [5.74, 6) is 3.92. The van der Waals surface area contributed by atoms with E-state index < -0.39 is 0 Å². The first-order valence-electron chi connectivity index (χ1n) is 5.35. The van der Waals surface area contributed by atoms with Crippen LogP contribution in [0.25, 0.3) is 0 Å². The molecular weight excluding hydrogens is 210 g/mol. The number of nitrogens with two attached hydrogens (primary N) is 1. The highest BCUT2D eigenvalue weighted by Gasteiger charge is 2.33. The lowest BCUT2D eigenvalue weighted by molar-refractivity contribution is 0.344. The van der Waals surface area contributed by atoms with Gasteiger partial charge in [0.1, 0.15) is 0 Å². The Balaban J connectivity index is 2.12. The van der Waals surface area contributed by atoms with Crippen molar-refractivity contribution in [2.45, 2.75) is 31.6 Å². The van der Waals surface area contributed by atoms with Gasteiger partial charge in [0.2, 0.25) is 5.89 Å². The normalized spacial score (nSPS) is 20.4. The van der Waals surface area contributed by atoms with Gasteiger partial charge in [-0.15, -0.1) is 0 Å². The Morgan fingerprint density at radius 3 is 2.87 bits per heavy atom. The summed E-state index contributed by atoms with van der Waals surface area (Å²) >= 11 is 2.00. The van der Waals surface area contributed by atoms with E-state index in [0.29, 0.717) is 18.9 Å². The molecule has 1 fully saturated rings. The lowest BCUT2D eigenvalue weighted by Crippen LogP contribution is -2.28. The van der Waals surface area contributed by atoms with Gasteiger partial charge >= 0.3 is 0 Å². The van der Waals surface area contributed by atoms with Gasteiger partial charge in [0, 0.05) is 18.4 Å². The highest BCUT2D eigenvalue weighted by atomic mass is 32.2. The molecule has 2 N–H and O–H groups in total. The van der Waals surface area contributed by atoms with Gasteiger partial charge < -0.3 is 10.3 Å². The van der Waals surface area contributed by atoms with Crippen molar-refractivity contribution in [3.63, 3.8) is 0 Å². The smallest absolute Gasteiger partial charge is 0.227 e. The Bertz CT molecular complexity index is 320. The maximum Gasteiger partial charge on any atom is 0.227 e. The Labute approximate surface area is 94.0 Å². The van der Waals surface area contributed by atoms with Gasteiger partial charge in [-0.2, -0.15) is 16.7 Å². The first kappa shape index (κ1) is 11.0. The van der Waals surface area contributed by atoms with Crippen LogP contribution in [0.3, 0.4) is 0 Å². The monoisotopic (exact) mass is 227 g/mol. The van der Waals surface area contributed by atoms with Gasteiger partial charge in [-0.3, -0.25) is 0 Å². The molecular formula is C10H17N3OS. The van der Waals surface area contributed by atoms with Crippen LogP contribution >= 0.6 is 11.8 Å². The molecule has 15 heavy (non-hydrogen) atoms. The molecule has 0 radical (unpaired) electrons. The lowest BCUT2D eigenvalue weighted by atomic mass is 9.83. The minimum absolute atomic E-state index is 0.113. The number of hydrogen-bond donors (Lipinski definition) is 1. The topological polar surface area (TPSA) is 64.9 Å². The molecule has 0 spiro atoms. The van der Waals surface area contributed by atoms with Crippen LogP contribution in [0.15, 0.2) is 4.52 Å². The minimum atomic E-state index is 0.113. The fourth-order valence-corrected chi connectivity index (χ4v) is 3.16. The molecule has 84 valence electrons. The molecule has 1 aromatic rings. The van der Waals surface area contributed by atoms with E-state index in [1.54, 1.807) is 0 Å². The van der Waals surface area contributed by atoms with Crippen molar-refractivity contribution >= 4 is 11.8 Å². The van der Waals surface area contributed by atoms with Gasteiger partial charge in [0.05, 0.1) is 0 Å². The molecule has 5 heteroatoms. The van der Waals surface area contributed by atoms with Crippen LogP contribution in [0.2, 0.25) is 0 Å². The molecule has 0 saturated carbocycles. The second-order valence-corrected chi connectivity index (χ2v) is 5.45. The standard InChI is InChI=1S/C10H17N3OS/c1-10(3-6-15-7-4-10)9-12-8(2-5-11)14-13-9/h2-7,11H2,1H3. The van der Waals surface area contributed by atoms with Gasteiger partial charge in [-0.1, -0.05) is 12.1 Å². The largest absolute Gasteiger partial charge is 0.339 e. The third-order valence-corrected chi connectivity index (χ3v) is 3.95. The van der Waals surface area contributed by atoms with Crippen LogP contribution in [0.1, 0.15) is 31.5 Å². The fraction of sp³-hybridized carbons (Fsp3) is 0.800. The molecule has 0 bridgehead atoms. The lowest BCUT2D eigenvalue weighted by Gasteiger charge is -2.29. The molecule has 1 aliphatic rings. The van der Waals surface area contributed by atoms with E-state index in [9.17, 15) is 0 Å². The van der Waals surface area contributed by atoms with Crippen LogP contribution in [0.5, 0.6) is 0 Å². The first-order valence-corrected chi connectivity index (χ1v) is 6.51. The van der Waals surface area contributed by atoms with Crippen molar-refractivity contribution in [1.82, 2.24) is 10.1 Å². The molecule has 1 saturated heterocycles. The van der Waals surface area contributed by atoms with E-state index in [1.165, 1.54) is 11.5 Å².